The zero-order chi connectivity index (χ0) is 13.6. The fourth-order valence-corrected chi connectivity index (χ4v) is 3.40. The van der Waals surface area contributed by atoms with Crippen molar-refractivity contribution in [3.05, 3.63) is 0 Å². The molecule has 0 heteroatoms. The lowest BCUT2D eigenvalue weighted by Crippen LogP contribution is -2.33. The number of hydrogen-bond acceptors (Lipinski definition) is 0. The van der Waals surface area contributed by atoms with Crippen molar-refractivity contribution in [1.29, 1.82) is 0 Å². The molecule has 108 valence electrons. The lowest BCUT2D eigenvalue weighted by atomic mass is 9.62. The van der Waals surface area contributed by atoms with Crippen molar-refractivity contribution in [3.63, 3.8) is 0 Å². The van der Waals surface area contributed by atoms with Gasteiger partial charge in [-0.2, -0.15) is 0 Å². The largest absolute Gasteiger partial charge is 0.0625 e. The molecular formula is C18H36. The summed E-state index contributed by atoms with van der Waals surface area (Å²) in [4.78, 5) is 0. The molecular weight excluding hydrogens is 216 g/mol. The molecule has 0 aromatic carbocycles. The van der Waals surface area contributed by atoms with Gasteiger partial charge in [0, 0.05) is 0 Å². The first-order valence-corrected chi connectivity index (χ1v) is 8.35. The Balaban J connectivity index is 2.60. The van der Waals surface area contributed by atoms with E-state index in [0.717, 1.165) is 5.92 Å². The molecule has 0 saturated heterocycles. The van der Waals surface area contributed by atoms with Crippen LogP contribution in [-0.2, 0) is 0 Å². The standard InChI is InChI=1S/C18H36/c1-16-12-9-7-6-8-10-14-18(5,15-11-13-16)17(2,3)4/h16H,6-15H2,1-5H3. The van der Waals surface area contributed by atoms with Gasteiger partial charge in [-0.25, -0.2) is 0 Å². The van der Waals surface area contributed by atoms with Gasteiger partial charge in [-0.3, -0.25) is 0 Å². The Morgan fingerprint density at radius 2 is 1.28 bits per heavy atom. The highest BCUT2D eigenvalue weighted by molar-refractivity contribution is 4.86. The van der Waals surface area contributed by atoms with E-state index in [1.807, 2.05) is 0 Å². The van der Waals surface area contributed by atoms with Gasteiger partial charge in [-0.15, -0.1) is 0 Å². The summed E-state index contributed by atoms with van der Waals surface area (Å²) >= 11 is 0. The van der Waals surface area contributed by atoms with Gasteiger partial charge in [0.15, 0.2) is 0 Å². The Morgan fingerprint density at radius 1 is 0.778 bits per heavy atom. The van der Waals surface area contributed by atoms with Crippen LogP contribution in [0.4, 0.5) is 0 Å². The molecule has 1 aliphatic carbocycles. The van der Waals surface area contributed by atoms with Crippen molar-refractivity contribution >= 4 is 0 Å². The second-order valence-electron chi connectivity index (χ2n) is 8.11. The minimum absolute atomic E-state index is 0.459. The van der Waals surface area contributed by atoms with Gasteiger partial charge in [0.1, 0.15) is 0 Å². The van der Waals surface area contributed by atoms with E-state index in [1.165, 1.54) is 64.2 Å². The normalized spacial score (nSPS) is 33.5. The fourth-order valence-electron chi connectivity index (χ4n) is 3.40. The van der Waals surface area contributed by atoms with E-state index in [2.05, 4.69) is 34.6 Å². The molecule has 1 saturated carbocycles. The molecule has 1 fully saturated rings. The van der Waals surface area contributed by atoms with Crippen LogP contribution in [0.25, 0.3) is 0 Å². The summed E-state index contributed by atoms with van der Waals surface area (Å²) in [6.45, 7) is 12.3. The van der Waals surface area contributed by atoms with Crippen LogP contribution in [0.3, 0.4) is 0 Å². The molecule has 0 radical (unpaired) electrons. The van der Waals surface area contributed by atoms with E-state index in [-0.39, 0.29) is 0 Å². The first kappa shape index (κ1) is 16.1. The van der Waals surface area contributed by atoms with Crippen LogP contribution < -0.4 is 0 Å². The third kappa shape index (κ3) is 4.94. The van der Waals surface area contributed by atoms with Crippen molar-refractivity contribution in [1.82, 2.24) is 0 Å². The SMILES string of the molecule is CC1CCCCCCCC(C)(C(C)(C)C)CCC1. The summed E-state index contributed by atoms with van der Waals surface area (Å²) in [7, 11) is 0. The average molecular weight is 252 g/mol. The smallest absolute Gasteiger partial charge is 0.0277 e. The van der Waals surface area contributed by atoms with Crippen molar-refractivity contribution in [3.8, 4) is 0 Å². The minimum Gasteiger partial charge on any atom is -0.0625 e. The summed E-state index contributed by atoms with van der Waals surface area (Å²) < 4.78 is 0. The zero-order valence-corrected chi connectivity index (χ0v) is 13.6. The van der Waals surface area contributed by atoms with E-state index in [1.54, 1.807) is 0 Å². The van der Waals surface area contributed by atoms with Gasteiger partial charge >= 0.3 is 0 Å². The van der Waals surface area contributed by atoms with Crippen LogP contribution in [0.15, 0.2) is 0 Å². The summed E-state index contributed by atoms with van der Waals surface area (Å²) in [6.07, 6.45) is 14.5. The average Bonchev–Trinajstić information content (AvgIpc) is 2.24. The van der Waals surface area contributed by atoms with Gasteiger partial charge in [0.05, 0.1) is 0 Å². The van der Waals surface area contributed by atoms with E-state index in [0.29, 0.717) is 10.8 Å². The second-order valence-corrected chi connectivity index (χ2v) is 8.11. The Hall–Kier alpha value is 0. The monoisotopic (exact) mass is 252 g/mol. The molecule has 0 aromatic rings. The van der Waals surface area contributed by atoms with Crippen molar-refractivity contribution in [2.24, 2.45) is 16.7 Å². The molecule has 0 N–H and O–H groups in total. The van der Waals surface area contributed by atoms with Crippen molar-refractivity contribution in [2.75, 3.05) is 0 Å². The third-order valence-corrected chi connectivity index (χ3v) is 5.66. The third-order valence-electron chi connectivity index (χ3n) is 5.66. The van der Waals surface area contributed by atoms with Crippen molar-refractivity contribution in [2.45, 2.75) is 98.8 Å². The molecule has 0 aliphatic heterocycles. The van der Waals surface area contributed by atoms with Crippen LogP contribution >= 0.6 is 0 Å². The Bertz CT molecular complexity index is 223. The van der Waals surface area contributed by atoms with E-state index >= 15 is 0 Å². The van der Waals surface area contributed by atoms with Crippen LogP contribution in [0.5, 0.6) is 0 Å². The zero-order valence-electron chi connectivity index (χ0n) is 13.6. The Morgan fingerprint density at radius 3 is 1.94 bits per heavy atom. The van der Waals surface area contributed by atoms with Crippen LogP contribution in [0.2, 0.25) is 0 Å². The summed E-state index contributed by atoms with van der Waals surface area (Å²) in [5, 5.41) is 0. The maximum absolute atomic E-state index is 2.55. The van der Waals surface area contributed by atoms with Gasteiger partial charge < -0.3 is 0 Å². The van der Waals surface area contributed by atoms with Crippen LogP contribution in [-0.4, -0.2) is 0 Å². The molecule has 0 nitrogen and oxygen atoms in total. The Kier molecular flexibility index (Phi) is 6.21. The van der Waals surface area contributed by atoms with Gasteiger partial charge in [0.25, 0.3) is 0 Å². The highest BCUT2D eigenvalue weighted by atomic mass is 14.4. The summed E-state index contributed by atoms with van der Waals surface area (Å²) in [6, 6.07) is 0. The summed E-state index contributed by atoms with van der Waals surface area (Å²) in [5.74, 6) is 0.952. The molecule has 1 aliphatic rings. The lowest BCUT2D eigenvalue weighted by molar-refractivity contribution is 0.0756. The minimum atomic E-state index is 0.459. The lowest BCUT2D eigenvalue weighted by Gasteiger charge is -2.43. The predicted octanol–water partition coefficient (Wildman–Crippen LogP) is 6.59. The van der Waals surface area contributed by atoms with E-state index in [4.69, 9.17) is 0 Å². The highest BCUT2D eigenvalue weighted by Gasteiger charge is 2.36. The first-order chi connectivity index (χ1) is 8.35. The number of hydrogen-bond donors (Lipinski definition) is 0. The molecule has 0 bridgehead atoms. The molecule has 1 rings (SSSR count). The van der Waals surface area contributed by atoms with Crippen LogP contribution in [0, 0.1) is 16.7 Å². The Labute approximate surface area is 116 Å². The molecule has 2 unspecified atom stereocenters. The van der Waals surface area contributed by atoms with Gasteiger partial charge in [0.2, 0.25) is 0 Å². The topological polar surface area (TPSA) is 0 Å². The fraction of sp³-hybridized carbons (Fsp3) is 1.00. The molecule has 0 aromatic heterocycles. The van der Waals surface area contributed by atoms with E-state index < -0.39 is 0 Å². The van der Waals surface area contributed by atoms with Crippen molar-refractivity contribution < 1.29 is 0 Å². The predicted molar refractivity (Wildman–Crippen MR) is 82.9 cm³/mol. The number of rotatable bonds is 0. The maximum atomic E-state index is 2.55. The molecule has 0 amide bonds. The maximum Gasteiger partial charge on any atom is -0.0277 e. The second kappa shape index (κ2) is 6.96. The van der Waals surface area contributed by atoms with Gasteiger partial charge in [-0.1, -0.05) is 86.0 Å². The van der Waals surface area contributed by atoms with Crippen LogP contribution in [0.1, 0.15) is 98.8 Å². The quantitative estimate of drug-likeness (QED) is 0.456. The molecule has 0 spiro atoms. The molecule has 2 atom stereocenters. The molecule has 18 heavy (non-hydrogen) atoms. The molecule has 0 heterocycles. The van der Waals surface area contributed by atoms with Gasteiger partial charge in [-0.05, 0) is 29.6 Å². The highest BCUT2D eigenvalue weighted by Crippen LogP contribution is 2.46. The summed E-state index contributed by atoms with van der Waals surface area (Å²) in [5.41, 5.74) is 1.01. The first-order valence-electron chi connectivity index (χ1n) is 8.35. The van der Waals surface area contributed by atoms with E-state index in [9.17, 15) is 0 Å².